The Balaban J connectivity index is 2.72. The second kappa shape index (κ2) is 5.44. The molecule has 0 bridgehead atoms. The van der Waals surface area contributed by atoms with Gasteiger partial charge in [0.1, 0.15) is 5.56 Å². The highest BCUT2D eigenvalue weighted by Gasteiger charge is 2.17. The van der Waals surface area contributed by atoms with Gasteiger partial charge in [-0.2, -0.15) is 5.10 Å². The van der Waals surface area contributed by atoms with Gasteiger partial charge in [-0.3, -0.25) is 9.48 Å². The minimum Gasteiger partial charge on any atom is -0.478 e. The van der Waals surface area contributed by atoms with Crippen molar-refractivity contribution in [2.24, 2.45) is 7.05 Å². The molecule has 1 aromatic rings. The molecule has 1 rings (SSSR count). The SMILES string of the molecule is CNC(=O)C(C)NCc1c(C(=O)O)cnn1C. The number of carboxylic acids is 1. The van der Waals surface area contributed by atoms with Gasteiger partial charge >= 0.3 is 5.97 Å². The van der Waals surface area contributed by atoms with Gasteiger partial charge < -0.3 is 15.7 Å². The van der Waals surface area contributed by atoms with Crippen molar-refractivity contribution in [1.82, 2.24) is 20.4 Å². The molecule has 0 aliphatic rings. The predicted molar refractivity (Wildman–Crippen MR) is 60.5 cm³/mol. The van der Waals surface area contributed by atoms with Gasteiger partial charge in [0.15, 0.2) is 0 Å². The molecule has 1 aromatic heterocycles. The van der Waals surface area contributed by atoms with E-state index >= 15 is 0 Å². The minimum atomic E-state index is -1.03. The fourth-order valence-electron chi connectivity index (χ4n) is 1.41. The zero-order valence-corrected chi connectivity index (χ0v) is 10.0. The lowest BCUT2D eigenvalue weighted by Crippen LogP contribution is -2.40. The van der Waals surface area contributed by atoms with Crippen molar-refractivity contribution >= 4 is 11.9 Å². The summed E-state index contributed by atoms with van der Waals surface area (Å²) in [6.45, 7) is 1.97. The smallest absolute Gasteiger partial charge is 0.339 e. The van der Waals surface area contributed by atoms with Crippen molar-refractivity contribution < 1.29 is 14.7 Å². The molecule has 1 heterocycles. The Bertz CT molecular complexity index is 427. The van der Waals surface area contributed by atoms with E-state index in [2.05, 4.69) is 15.7 Å². The third kappa shape index (κ3) is 3.04. The number of carboxylic acid groups (broad SMARTS) is 1. The standard InChI is InChI=1S/C10H16N4O3/c1-6(9(15)11-2)12-5-8-7(10(16)17)4-13-14(8)3/h4,6,12H,5H2,1-3H3,(H,11,15)(H,16,17). The van der Waals surface area contributed by atoms with Crippen LogP contribution in [0.1, 0.15) is 23.0 Å². The molecule has 0 saturated carbocycles. The molecule has 94 valence electrons. The molecule has 0 aliphatic carbocycles. The summed E-state index contributed by atoms with van der Waals surface area (Å²) in [5, 5.41) is 18.3. The van der Waals surface area contributed by atoms with Gasteiger partial charge in [0.25, 0.3) is 0 Å². The highest BCUT2D eigenvalue weighted by molar-refractivity contribution is 5.88. The van der Waals surface area contributed by atoms with E-state index in [1.165, 1.54) is 10.9 Å². The summed E-state index contributed by atoms with van der Waals surface area (Å²) in [5.41, 5.74) is 0.678. The van der Waals surface area contributed by atoms with E-state index in [-0.39, 0.29) is 18.0 Å². The van der Waals surface area contributed by atoms with Crippen LogP contribution in [-0.4, -0.2) is 39.9 Å². The lowest BCUT2D eigenvalue weighted by Gasteiger charge is -2.12. The predicted octanol–water partition coefficient (Wildman–Crippen LogP) is -0.658. The minimum absolute atomic E-state index is 0.143. The topological polar surface area (TPSA) is 96.2 Å². The van der Waals surface area contributed by atoms with Gasteiger partial charge in [0, 0.05) is 20.6 Å². The van der Waals surface area contributed by atoms with E-state index in [0.717, 1.165) is 0 Å². The Morgan fingerprint density at radius 3 is 2.76 bits per heavy atom. The average molecular weight is 240 g/mol. The number of rotatable bonds is 5. The number of hydrogen-bond acceptors (Lipinski definition) is 4. The summed E-state index contributed by atoms with van der Waals surface area (Å²) in [7, 11) is 3.21. The Morgan fingerprint density at radius 2 is 2.24 bits per heavy atom. The van der Waals surface area contributed by atoms with Crippen molar-refractivity contribution in [3.05, 3.63) is 17.5 Å². The highest BCUT2D eigenvalue weighted by Crippen LogP contribution is 2.07. The fraction of sp³-hybridized carbons (Fsp3) is 0.500. The molecule has 0 radical (unpaired) electrons. The molecule has 1 amide bonds. The summed E-state index contributed by atoms with van der Waals surface area (Å²) in [4.78, 5) is 22.2. The summed E-state index contributed by atoms with van der Waals surface area (Å²) >= 11 is 0. The first-order chi connectivity index (χ1) is 7.97. The zero-order chi connectivity index (χ0) is 13.0. The zero-order valence-electron chi connectivity index (χ0n) is 10.0. The van der Waals surface area contributed by atoms with Crippen molar-refractivity contribution in [3.63, 3.8) is 0 Å². The molecular weight excluding hydrogens is 224 g/mol. The number of aromatic carboxylic acids is 1. The molecule has 0 spiro atoms. The quantitative estimate of drug-likeness (QED) is 0.635. The summed E-state index contributed by atoms with van der Waals surface area (Å²) < 4.78 is 1.48. The van der Waals surface area contributed by atoms with Crippen LogP contribution in [0.2, 0.25) is 0 Å². The first-order valence-corrected chi connectivity index (χ1v) is 5.16. The van der Waals surface area contributed by atoms with Crippen LogP contribution in [0.25, 0.3) is 0 Å². The maximum atomic E-state index is 11.3. The number of carbonyl (C=O) groups is 2. The van der Waals surface area contributed by atoms with E-state index in [1.54, 1.807) is 21.0 Å². The number of aryl methyl sites for hydroxylation is 1. The van der Waals surface area contributed by atoms with Crippen molar-refractivity contribution in [3.8, 4) is 0 Å². The van der Waals surface area contributed by atoms with Gasteiger partial charge in [0.05, 0.1) is 17.9 Å². The Labute approximate surface area is 98.8 Å². The molecule has 7 heteroatoms. The van der Waals surface area contributed by atoms with Gasteiger partial charge in [0.2, 0.25) is 5.91 Å². The van der Waals surface area contributed by atoms with Crippen LogP contribution in [-0.2, 0) is 18.4 Å². The normalized spacial score (nSPS) is 12.2. The molecule has 17 heavy (non-hydrogen) atoms. The first kappa shape index (κ1) is 13.2. The number of hydrogen-bond donors (Lipinski definition) is 3. The molecule has 7 nitrogen and oxygen atoms in total. The van der Waals surface area contributed by atoms with Crippen LogP contribution >= 0.6 is 0 Å². The molecule has 0 saturated heterocycles. The highest BCUT2D eigenvalue weighted by atomic mass is 16.4. The lowest BCUT2D eigenvalue weighted by atomic mass is 10.2. The lowest BCUT2D eigenvalue weighted by molar-refractivity contribution is -0.122. The van der Waals surface area contributed by atoms with Crippen molar-refractivity contribution in [1.29, 1.82) is 0 Å². The van der Waals surface area contributed by atoms with Crippen LogP contribution in [0.15, 0.2) is 6.20 Å². The molecular formula is C10H16N4O3. The summed E-state index contributed by atoms with van der Waals surface area (Å²) in [5.74, 6) is -1.17. The molecule has 1 unspecified atom stereocenters. The molecule has 0 aliphatic heterocycles. The maximum Gasteiger partial charge on any atom is 0.339 e. The number of aromatic nitrogens is 2. The van der Waals surface area contributed by atoms with E-state index in [4.69, 9.17) is 5.11 Å². The number of nitrogens with one attached hydrogen (secondary N) is 2. The van der Waals surface area contributed by atoms with Gasteiger partial charge in [-0.1, -0.05) is 0 Å². The fourth-order valence-corrected chi connectivity index (χ4v) is 1.41. The Hall–Kier alpha value is -1.89. The van der Waals surface area contributed by atoms with E-state index in [1.807, 2.05) is 0 Å². The Kier molecular flexibility index (Phi) is 4.22. The van der Waals surface area contributed by atoms with Crippen molar-refractivity contribution in [2.75, 3.05) is 7.05 Å². The second-order valence-corrected chi connectivity index (χ2v) is 3.65. The van der Waals surface area contributed by atoms with Crippen molar-refractivity contribution in [2.45, 2.75) is 19.5 Å². The third-order valence-electron chi connectivity index (χ3n) is 2.51. The molecule has 0 aromatic carbocycles. The third-order valence-corrected chi connectivity index (χ3v) is 2.51. The Morgan fingerprint density at radius 1 is 1.59 bits per heavy atom. The second-order valence-electron chi connectivity index (χ2n) is 3.65. The van der Waals surface area contributed by atoms with E-state index < -0.39 is 12.0 Å². The number of likely N-dealkylation sites (N-methyl/N-ethyl adjacent to an activating group) is 1. The number of nitrogens with zero attached hydrogens (tertiary/aromatic N) is 2. The number of carbonyl (C=O) groups excluding carboxylic acids is 1. The van der Waals surface area contributed by atoms with Gasteiger partial charge in [-0.15, -0.1) is 0 Å². The largest absolute Gasteiger partial charge is 0.478 e. The summed E-state index contributed by atoms with van der Waals surface area (Å²) in [6, 6.07) is -0.392. The maximum absolute atomic E-state index is 11.3. The van der Waals surface area contributed by atoms with Crippen LogP contribution in [0.5, 0.6) is 0 Å². The monoisotopic (exact) mass is 240 g/mol. The van der Waals surface area contributed by atoms with Crippen LogP contribution in [0, 0.1) is 0 Å². The van der Waals surface area contributed by atoms with E-state index in [0.29, 0.717) is 5.69 Å². The van der Waals surface area contributed by atoms with E-state index in [9.17, 15) is 9.59 Å². The van der Waals surface area contributed by atoms with Crippen LogP contribution in [0.4, 0.5) is 0 Å². The molecule has 3 N–H and O–H groups in total. The van der Waals surface area contributed by atoms with Gasteiger partial charge in [-0.05, 0) is 6.92 Å². The van der Waals surface area contributed by atoms with Crippen LogP contribution < -0.4 is 10.6 Å². The van der Waals surface area contributed by atoms with Gasteiger partial charge in [-0.25, -0.2) is 4.79 Å². The summed E-state index contributed by atoms with van der Waals surface area (Å²) in [6.07, 6.45) is 1.30. The average Bonchev–Trinajstić information content (AvgIpc) is 2.66. The number of amides is 1. The first-order valence-electron chi connectivity index (χ1n) is 5.16. The van der Waals surface area contributed by atoms with Crippen LogP contribution in [0.3, 0.4) is 0 Å². The molecule has 1 atom stereocenters. The molecule has 0 fully saturated rings.